The fourth-order valence-electron chi connectivity index (χ4n) is 1.76. The number of rotatable bonds is 5. The van der Waals surface area contributed by atoms with Crippen LogP contribution >= 0.6 is 11.6 Å². The van der Waals surface area contributed by atoms with E-state index in [4.69, 9.17) is 21.6 Å². The number of carbonyl (C=O) groups is 1. The van der Waals surface area contributed by atoms with Crippen LogP contribution in [-0.4, -0.2) is 31.7 Å². The van der Waals surface area contributed by atoms with Gasteiger partial charge in [0, 0.05) is 11.2 Å². The van der Waals surface area contributed by atoms with Gasteiger partial charge in [0.25, 0.3) is 0 Å². The molecule has 0 unspecified atom stereocenters. The summed E-state index contributed by atoms with van der Waals surface area (Å²) >= 11 is 5.77. The van der Waals surface area contributed by atoms with Crippen LogP contribution in [0, 0.1) is 11.3 Å². The molecule has 0 aliphatic rings. The highest BCUT2D eigenvalue weighted by atomic mass is 35.5. The molecule has 0 amide bonds. The minimum atomic E-state index is -3.83. The second kappa shape index (κ2) is 7.22. The smallest absolute Gasteiger partial charge is 0.338 e. The molecule has 23 heavy (non-hydrogen) atoms. The molecule has 118 valence electrons. The molecule has 2 rings (SSSR count). The zero-order valence-corrected chi connectivity index (χ0v) is 13.3. The van der Waals surface area contributed by atoms with Gasteiger partial charge in [-0.1, -0.05) is 17.7 Å². The summed E-state index contributed by atoms with van der Waals surface area (Å²) in [6.45, 7) is -0.352. The van der Waals surface area contributed by atoms with E-state index in [1.54, 1.807) is 18.2 Å². The van der Waals surface area contributed by atoms with Crippen molar-refractivity contribution in [2.45, 2.75) is 5.03 Å². The molecule has 6 nitrogen and oxygen atoms in total. The van der Waals surface area contributed by atoms with Crippen molar-refractivity contribution < 1.29 is 17.9 Å². The molecule has 0 radical (unpaired) electrons. The molecule has 0 fully saturated rings. The number of sulfone groups is 1. The van der Waals surface area contributed by atoms with Crippen molar-refractivity contribution in [2.75, 3.05) is 12.4 Å². The lowest BCUT2D eigenvalue weighted by molar-refractivity contribution is 0.0529. The topological polar surface area (TPSA) is 97.1 Å². The van der Waals surface area contributed by atoms with Gasteiger partial charge in [-0.05, 0) is 30.3 Å². The Labute approximate surface area is 138 Å². The fourth-order valence-corrected chi connectivity index (χ4v) is 3.12. The minimum absolute atomic E-state index is 0.0475. The molecule has 1 heterocycles. The summed E-state index contributed by atoms with van der Waals surface area (Å²) in [5, 5.41) is 8.97. The first-order chi connectivity index (χ1) is 10.9. The number of hydrogen-bond donors (Lipinski definition) is 0. The van der Waals surface area contributed by atoms with E-state index in [-0.39, 0.29) is 22.8 Å². The average Bonchev–Trinajstić information content (AvgIpc) is 2.54. The van der Waals surface area contributed by atoms with Gasteiger partial charge in [-0.15, -0.1) is 0 Å². The van der Waals surface area contributed by atoms with Crippen LogP contribution in [0.2, 0.25) is 5.02 Å². The molecule has 8 heteroatoms. The van der Waals surface area contributed by atoms with Gasteiger partial charge >= 0.3 is 5.97 Å². The summed E-state index contributed by atoms with van der Waals surface area (Å²) in [7, 11) is -3.83. The van der Waals surface area contributed by atoms with Crippen molar-refractivity contribution in [2.24, 2.45) is 0 Å². The molecule has 0 bridgehead atoms. The second-order valence-corrected chi connectivity index (χ2v) is 6.89. The maximum absolute atomic E-state index is 12.2. The monoisotopic (exact) mass is 350 g/mol. The molecule has 2 aromatic rings. The molecular weight excluding hydrogens is 340 g/mol. The van der Waals surface area contributed by atoms with Crippen LogP contribution in [0.1, 0.15) is 15.9 Å². The van der Waals surface area contributed by atoms with Crippen LogP contribution in [0.5, 0.6) is 0 Å². The van der Waals surface area contributed by atoms with Crippen LogP contribution < -0.4 is 0 Å². The van der Waals surface area contributed by atoms with Crippen LogP contribution in [0.25, 0.3) is 0 Å². The van der Waals surface area contributed by atoms with E-state index in [1.807, 2.05) is 0 Å². The highest BCUT2D eigenvalue weighted by Gasteiger charge is 2.21. The molecule has 0 atom stereocenters. The Balaban J connectivity index is 2.03. The molecule has 0 aliphatic carbocycles. The van der Waals surface area contributed by atoms with Crippen molar-refractivity contribution in [1.82, 2.24) is 4.98 Å². The molecule has 0 saturated heterocycles. The van der Waals surface area contributed by atoms with E-state index in [0.29, 0.717) is 5.02 Å². The molecular formula is C15H11ClN2O4S. The fraction of sp³-hybridized carbons (Fsp3) is 0.133. The summed E-state index contributed by atoms with van der Waals surface area (Å²) in [6, 6.07) is 10.7. The third kappa shape index (κ3) is 4.28. The van der Waals surface area contributed by atoms with Crippen molar-refractivity contribution >= 4 is 27.4 Å². The Morgan fingerprint density at radius 2 is 2.09 bits per heavy atom. The zero-order valence-electron chi connectivity index (χ0n) is 11.8. The number of aromatic nitrogens is 1. The standard InChI is InChI=1S/C15H11ClN2O4S/c16-13-5-1-3-11(9-13)15(19)22-7-8-23(20,21)14-12(10-17)4-2-6-18-14/h1-6,9H,7-8H2. The predicted octanol–water partition coefficient (Wildman–Crippen LogP) is 2.24. The van der Waals surface area contributed by atoms with Gasteiger partial charge in [0.1, 0.15) is 12.7 Å². The second-order valence-electron chi connectivity index (χ2n) is 4.43. The van der Waals surface area contributed by atoms with Gasteiger partial charge in [-0.2, -0.15) is 5.26 Å². The Bertz CT molecular complexity index is 875. The van der Waals surface area contributed by atoms with Gasteiger partial charge < -0.3 is 4.74 Å². The number of nitrogens with zero attached hydrogens (tertiary/aromatic N) is 2. The number of pyridine rings is 1. The van der Waals surface area contributed by atoms with E-state index in [1.165, 1.54) is 30.5 Å². The summed E-state index contributed by atoms with van der Waals surface area (Å²) in [5.41, 5.74) is 0.180. The third-order valence-corrected chi connectivity index (χ3v) is 4.69. The van der Waals surface area contributed by atoms with E-state index in [9.17, 15) is 13.2 Å². The number of ether oxygens (including phenoxy) is 1. The van der Waals surface area contributed by atoms with E-state index < -0.39 is 21.6 Å². The first-order valence-corrected chi connectivity index (χ1v) is 8.47. The van der Waals surface area contributed by atoms with Gasteiger partial charge in [-0.25, -0.2) is 18.2 Å². The largest absolute Gasteiger partial charge is 0.461 e. The van der Waals surface area contributed by atoms with Crippen LogP contribution in [0.4, 0.5) is 0 Å². The van der Waals surface area contributed by atoms with Crippen LogP contribution in [-0.2, 0) is 14.6 Å². The molecule has 1 aromatic carbocycles. The van der Waals surface area contributed by atoms with Crippen molar-refractivity contribution in [3.05, 3.63) is 58.7 Å². The molecule has 0 N–H and O–H groups in total. The van der Waals surface area contributed by atoms with Gasteiger partial charge in [0.05, 0.1) is 16.9 Å². The Kier molecular flexibility index (Phi) is 5.32. The molecule has 1 aromatic heterocycles. The normalized spacial score (nSPS) is 10.8. The number of halogens is 1. The Hall–Kier alpha value is -2.43. The Morgan fingerprint density at radius 1 is 1.30 bits per heavy atom. The maximum Gasteiger partial charge on any atom is 0.338 e. The third-order valence-electron chi connectivity index (χ3n) is 2.83. The zero-order chi connectivity index (χ0) is 16.9. The van der Waals surface area contributed by atoms with Crippen molar-refractivity contribution in [1.29, 1.82) is 5.26 Å². The number of hydrogen-bond acceptors (Lipinski definition) is 6. The average molecular weight is 351 g/mol. The minimum Gasteiger partial charge on any atom is -0.461 e. The first-order valence-electron chi connectivity index (χ1n) is 6.44. The summed E-state index contributed by atoms with van der Waals surface area (Å²) in [6.07, 6.45) is 1.28. The van der Waals surface area contributed by atoms with E-state index >= 15 is 0 Å². The van der Waals surface area contributed by atoms with Crippen LogP contribution in [0.3, 0.4) is 0 Å². The lowest BCUT2D eigenvalue weighted by Crippen LogP contribution is -2.17. The Morgan fingerprint density at radius 3 is 2.78 bits per heavy atom. The number of carbonyl (C=O) groups excluding carboxylic acids is 1. The molecule has 0 saturated carbocycles. The number of esters is 1. The summed E-state index contributed by atoms with van der Waals surface area (Å²) in [5.74, 6) is -1.14. The molecule has 0 aliphatic heterocycles. The van der Waals surface area contributed by atoms with E-state index in [0.717, 1.165) is 0 Å². The SMILES string of the molecule is N#Cc1cccnc1S(=O)(=O)CCOC(=O)c1cccc(Cl)c1. The predicted molar refractivity (Wildman–Crippen MR) is 82.7 cm³/mol. The number of nitriles is 1. The van der Waals surface area contributed by atoms with Gasteiger partial charge in [-0.3, -0.25) is 0 Å². The first kappa shape index (κ1) is 16.9. The maximum atomic E-state index is 12.2. The molecule has 0 spiro atoms. The quantitative estimate of drug-likeness (QED) is 0.767. The van der Waals surface area contributed by atoms with Gasteiger partial charge in [0.2, 0.25) is 0 Å². The van der Waals surface area contributed by atoms with Crippen molar-refractivity contribution in [3.8, 4) is 6.07 Å². The lowest BCUT2D eigenvalue weighted by Gasteiger charge is -2.07. The lowest BCUT2D eigenvalue weighted by atomic mass is 10.2. The van der Waals surface area contributed by atoms with Crippen LogP contribution in [0.15, 0.2) is 47.6 Å². The summed E-state index contributed by atoms with van der Waals surface area (Å²) < 4.78 is 29.2. The van der Waals surface area contributed by atoms with Gasteiger partial charge in [0.15, 0.2) is 14.9 Å². The van der Waals surface area contributed by atoms with E-state index in [2.05, 4.69) is 4.98 Å². The van der Waals surface area contributed by atoms with Crippen molar-refractivity contribution in [3.63, 3.8) is 0 Å². The number of benzene rings is 1. The highest BCUT2D eigenvalue weighted by molar-refractivity contribution is 7.91. The summed E-state index contributed by atoms with van der Waals surface area (Å²) in [4.78, 5) is 15.5. The highest BCUT2D eigenvalue weighted by Crippen LogP contribution is 2.14.